The molecule has 2 aromatic rings. The van der Waals surface area contributed by atoms with Crippen LogP contribution in [0.15, 0.2) is 48.5 Å². The molecule has 3 rings (SSSR count). The Bertz CT molecular complexity index is 859. The summed E-state index contributed by atoms with van der Waals surface area (Å²) in [6, 6.07) is 11.8. The predicted octanol–water partition coefficient (Wildman–Crippen LogP) is 2.95. The van der Waals surface area contributed by atoms with Crippen molar-refractivity contribution in [1.82, 2.24) is 0 Å². The average molecular weight is 400 g/mol. The minimum atomic E-state index is -0.644. The highest BCUT2D eigenvalue weighted by Crippen LogP contribution is 2.17. The summed E-state index contributed by atoms with van der Waals surface area (Å²) in [4.78, 5) is 34.0. The molecule has 1 aliphatic rings. The van der Waals surface area contributed by atoms with E-state index in [2.05, 4.69) is 5.32 Å². The van der Waals surface area contributed by atoms with E-state index in [0.717, 1.165) is 19.4 Å². The van der Waals surface area contributed by atoms with Gasteiger partial charge < -0.3 is 19.5 Å². The van der Waals surface area contributed by atoms with Crippen molar-refractivity contribution in [1.29, 1.82) is 0 Å². The average Bonchev–Trinajstić information content (AvgIpc) is 3.25. The van der Waals surface area contributed by atoms with Gasteiger partial charge in [-0.2, -0.15) is 0 Å². The zero-order valence-corrected chi connectivity index (χ0v) is 15.5. The zero-order chi connectivity index (χ0) is 20.6. The Labute approximate surface area is 166 Å². The van der Waals surface area contributed by atoms with Crippen LogP contribution in [-0.4, -0.2) is 42.7 Å². The summed E-state index contributed by atoms with van der Waals surface area (Å²) in [6.45, 7) is 0.746. The number of hydrogen-bond acceptors (Lipinski definition) is 7. The van der Waals surface area contributed by atoms with E-state index < -0.39 is 23.4 Å². The summed E-state index contributed by atoms with van der Waals surface area (Å²) in [5.41, 5.74) is 0.569. The normalized spacial score (nSPS) is 15.5. The van der Waals surface area contributed by atoms with Gasteiger partial charge in [-0.25, -0.2) is 4.79 Å². The van der Waals surface area contributed by atoms with E-state index in [1.165, 1.54) is 24.3 Å². The molecule has 1 saturated heterocycles. The number of carbonyl (C=O) groups excluding carboxylic acids is 2. The first-order valence-corrected chi connectivity index (χ1v) is 9.07. The maximum Gasteiger partial charge on any atom is 0.338 e. The Kier molecular flexibility index (Phi) is 6.75. The molecular weight excluding hydrogens is 380 g/mol. The Morgan fingerprint density at radius 2 is 1.86 bits per heavy atom. The lowest BCUT2D eigenvalue weighted by Gasteiger charge is -2.11. The fraction of sp³-hybridized carbons (Fsp3) is 0.300. The lowest BCUT2D eigenvalue weighted by molar-refractivity contribution is -0.384. The Balaban J connectivity index is 1.43. The van der Waals surface area contributed by atoms with Crippen molar-refractivity contribution in [2.24, 2.45) is 0 Å². The highest BCUT2D eigenvalue weighted by Gasteiger charge is 2.16. The molecule has 0 unspecified atom stereocenters. The maximum atomic E-state index is 12.1. The van der Waals surface area contributed by atoms with Crippen molar-refractivity contribution in [3.63, 3.8) is 0 Å². The van der Waals surface area contributed by atoms with Crippen LogP contribution in [0.25, 0.3) is 0 Å². The number of nitrogens with zero attached hydrogens (tertiary/aromatic N) is 1. The van der Waals surface area contributed by atoms with Crippen LogP contribution in [0.1, 0.15) is 23.2 Å². The minimum Gasteiger partial charge on any atom is -0.491 e. The number of nitrogens with one attached hydrogen (secondary N) is 1. The molecule has 1 atom stereocenters. The summed E-state index contributed by atoms with van der Waals surface area (Å²) in [5.74, 6) is -0.578. The topological polar surface area (TPSA) is 117 Å². The van der Waals surface area contributed by atoms with Gasteiger partial charge in [-0.1, -0.05) is 0 Å². The first-order chi connectivity index (χ1) is 14.0. The van der Waals surface area contributed by atoms with Crippen LogP contribution >= 0.6 is 0 Å². The number of anilines is 1. The summed E-state index contributed by atoms with van der Waals surface area (Å²) < 4.78 is 16.1. The number of nitro benzene ring substituents is 1. The molecule has 0 aromatic heterocycles. The molecule has 9 heteroatoms. The highest BCUT2D eigenvalue weighted by molar-refractivity contribution is 5.95. The lowest BCUT2D eigenvalue weighted by Crippen LogP contribution is -2.21. The van der Waals surface area contributed by atoms with Gasteiger partial charge in [-0.3, -0.25) is 14.9 Å². The van der Waals surface area contributed by atoms with Crippen LogP contribution in [0.2, 0.25) is 0 Å². The van der Waals surface area contributed by atoms with Crippen LogP contribution in [0.3, 0.4) is 0 Å². The number of nitro groups is 1. The number of benzene rings is 2. The largest absolute Gasteiger partial charge is 0.491 e. The van der Waals surface area contributed by atoms with E-state index in [9.17, 15) is 19.7 Å². The quantitative estimate of drug-likeness (QED) is 0.411. The summed E-state index contributed by atoms with van der Waals surface area (Å²) in [7, 11) is 0. The standard InChI is InChI=1S/C20H20N2O7/c23-19(21-15-5-7-16(8-6-15)22(25)26)13-29-20(24)14-3-9-17(10-4-14)28-12-18-2-1-11-27-18/h3-10,18H,1-2,11-13H2,(H,21,23)/t18-/m0/s1. The number of rotatable bonds is 8. The highest BCUT2D eigenvalue weighted by atomic mass is 16.6. The summed E-state index contributed by atoms with van der Waals surface area (Å²) in [6.07, 6.45) is 2.12. The van der Waals surface area contributed by atoms with E-state index in [0.29, 0.717) is 18.0 Å². The van der Waals surface area contributed by atoms with Crippen molar-refractivity contribution in [2.75, 3.05) is 25.1 Å². The van der Waals surface area contributed by atoms with Gasteiger partial charge in [0.05, 0.1) is 16.6 Å². The monoisotopic (exact) mass is 400 g/mol. The van der Waals surface area contributed by atoms with Gasteiger partial charge in [0, 0.05) is 24.4 Å². The zero-order valence-electron chi connectivity index (χ0n) is 15.5. The van der Waals surface area contributed by atoms with Crippen molar-refractivity contribution < 1.29 is 28.7 Å². The van der Waals surface area contributed by atoms with Gasteiger partial charge in [-0.05, 0) is 49.2 Å². The second-order valence-electron chi connectivity index (χ2n) is 6.40. The van der Waals surface area contributed by atoms with Crippen LogP contribution in [0.5, 0.6) is 5.75 Å². The molecule has 0 saturated carbocycles. The Morgan fingerprint density at radius 3 is 2.48 bits per heavy atom. The molecule has 0 spiro atoms. The fourth-order valence-corrected chi connectivity index (χ4v) is 2.73. The van der Waals surface area contributed by atoms with Crippen molar-refractivity contribution in [3.05, 3.63) is 64.2 Å². The number of amides is 1. The van der Waals surface area contributed by atoms with Crippen molar-refractivity contribution in [3.8, 4) is 5.75 Å². The molecule has 29 heavy (non-hydrogen) atoms. The molecule has 1 amide bonds. The fourth-order valence-electron chi connectivity index (χ4n) is 2.73. The molecule has 0 aliphatic carbocycles. The first kappa shape index (κ1) is 20.3. The number of ether oxygens (including phenoxy) is 3. The number of carbonyl (C=O) groups is 2. The Hall–Kier alpha value is -3.46. The third-order valence-electron chi connectivity index (χ3n) is 4.25. The summed E-state index contributed by atoms with van der Waals surface area (Å²) in [5, 5.41) is 13.1. The molecule has 9 nitrogen and oxygen atoms in total. The van der Waals surface area contributed by atoms with Crippen molar-refractivity contribution >= 4 is 23.3 Å². The third kappa shape index (κ3) is 6.01. The van der Waals surface area contributed by atoms with Crippen LogP contribution < -0.4 is 10.1 Å². The molecule has 1 aliphatic heterocycles. The Morgan fingerprint density at radius 1 is 1.14 bits per heavy atom. The third-order valence-corrected chi connectivity index (χ3v) is 4.25. The maximum absolute atomic E-state index is 12.1. The van der Waals surface area contributed by atoms with Gasteiger partial charge in [-0.15, -0.1) is 0 Å². The molecule has 1 fully saturated rings. The smallest absolute Gasteiger partial charge is 0.338 e. The predicted molar refractivity (Wildman–Crippen MR) is 103 cm³/mol. The van der Waals surface area contributed by atoms with E-state index in [1.54, 1.807) is 24.3 Å². The number of esters is 1. The first-order valence-electron chi connectivity index (χ1n) is 9.07. The summed E-state index contributed by atoms with van der Waals surface area (Å²) >= 11 is 0. The molecule has 0 bridgehead atoms. The molecule has 1 heterocycles. The van der Waals surface area contributed by atoms with E-state index in [1.807, 2.05) is 0 Å². The van der Waals surface area contributed by atoms with Gasteiger partial charge in [0.2, 0.25) is 0 Å². The van der Waals surface area contributed by atoms with Gasteiger partial charge in [0.25, 0.3) is 11.6 Å². The molecule has 1 N–H and O–H groups in total. The number of hydrogen-bond donors (Lipinski definition) is 1. The van der Waals surface area contributed by atoms with E-state index in [4.69, 9.17) is 14.2 Å². The van der Waals surface area contributed by atoms with Crippen LogP contribution in [0.4, 0.5) is 11.4 Å². The van der Waals surface area contributed by atoms with Gasteiger partial charge >= 0.3 is 5.97 Å². The van der Waals surface area contributed by atoms with E-state index in [-0.39, 0.29) is 17.4 Å². The van der Waals surface area contributed by atoms with Gasteiger partial charge in [0.15, 0.2) is 6.61 Å². The second kappa shape index (κ2) is 9.65. The van der Waals surface area contributed by atoms with Crippen LogP contribution in [0, 0.1) is 10.1 Å². The molecule has 0 radical (unpaired) electrons. The minimum absolute atomic E-state index is 0.0855. The van der Waals surface area contributed by atoms with Crippen LogP contribution in [-0.2, 0) is 14.3 Å². The van der Waals surface area contributed by atoms with Crippen molar-refractivity contribution in [2.45, 2.75) is 18.9 Å². The molecule has 152 valence electrons. The molecular formula is C20H20N2O7. The van der Waals surface area contributed by atoms with E-state index >= 15 is 0 Å². The number of non-ortho nitro benzene ring substituents is 1. The lowest BCUT2D eigenvalue weighted by atomic mass is 10.2. The van der Waals surface area contributed by atoms with Gasteiger partial charge in [0.1, 0.15) is 12.4 Å². The SMILES string of the molecule is O=C(COC(=O)c1ccc(OC[C@@H]2CCCO2)cc1)Nc1ccc([N+](=O)[O-])cc1. The molecule has 2 aromatic carbocycles. The second-order valence-corrected chi connectivity index (χ2v) is 6.40.